The number of nitrogens with two attached hydrogens (primary N) is 4. The predicted octanol–water partition coefficient (Wildman–Crippen LogP) is -3.50. The zero-order chi connectivity index (χ0) is 28.8. The molecule has 0 bridgehead atoms. The topological polar surface area (TPSA) is 280 Å². The number of primary amides is 3. The van der Waals surface area contributed by atoms with Crippen LogP contribution in [0.25, 0.3) is 0 Å². The number of benzene rings is 1. The fourth-order valence-corrected chi connectivity index (χ4v) is 3.27. The molecular weight excluding hydrogens is 502 g/mol. The van der Waals surface area contributed by atoms with Crippen LogP contribution in [0.15, 0.2) is 30.3 Å². The van der Waals surface area contributed by atoms with Crippen molar-refractivity contribution < 1.29 is 38.7 Å². The lowest BCUT2D eigenvalue weighted by atomic mass is 10.0. The van der Waals surface area contributed by atoms with E-state index in [2.05, 4.69) is 16.0 Å². The van der Waals surface area contributed by atoms with Crippen molar-refractivity contribution in [1.82, 2.24) is 16.0 Å². The highest BCUT2D eigenvalue weighted by molar-refractivity contribution is 5.95. The van der Waals surface area contributed by atoms with Crippen molar-refractivity contribution in [1.29, 1.82) is 0 Å². The minimum absolute atomic E-state index is 0.0874. The zero-order valence-corrected chi connectivity index (χ0v) is 20.6. The fourth-order valence-electron chi connectivity index (χ4n) is 3.27. The molecule has 0 aromatic heterocycles. The van der Waals surface area contributed by atoms with Crippen LogP contribution in [0.3, 0.4) is 0 Å². The van der Waals surface area contributed by atoms with E-state index in [1.807, 2.05) is 0 Å². The second-order valence-electron chi connectivity index (χ2n) is 8.50. The van der Waals surface area contributed by atoms with Crippen molar-refractivity contribution in [3.05, 3.63) is 35.9 Å². The number of hydrogen-bond donors (Lipinski definition) is 8. The Morgan fingerprint density at radius 3 is 1.71 bits per heavy atom. The number of carbonyl (C=O) groups is 7. The van der Waals surface area contributed by atoms with Crippen LogP contribution in [0.5, 0.6) is 0 Å². The number of nitrogens with one attached hydrogen (secondary N) is 3. The highest BCUT2D eigenvalue weighted by Crippen LogP contribution is 2.07. The second kappa shape index (κ2) is 15.6. The van der Waals surface area contributed by atoms with Gasteiger partial charge in [0.1, 0.15) is 18.1 Å². The molecule has 0 heterocycles. The molecule has 0 saturated heterocycles. The lowest BCUT2D eigenvalue weighted by Gasteiger charge is -2.25. The first kappa shape index (κ1) is 31.5. The van der Waals surface area contributed by atoms with Crippen molar-refractivity contribution in [2.45, 2.75) is 62.7 Å². The Morgan fingerprint density at radius 1 is 0.684 bits per heavy atom. The third-order valence-corrected chi connectivity index (χ3v) is 5.29. The third kappa shape index (κ3) is 11.9. The van der Waals surface area contributed by atoms with E-state index in [1.54, 1.807) is 30.3 Å². The van der Waals surface area contributed by atoms with Crippen molar-refractivity contribution in [2.24, 2.45) is 22.9 Å². The SMILES string of the molecule is NC(=O)CCC(N)C(=O)NC(CCC(N)=O)C(=O)NC(Cc1ccccc1)C(=O)NC(CC(N)=O)C(=O)O. The Kier molecular flexibility index (Phi) is 12.9. The van der Waals surface area contributed by atoms with Gasteiger partial charge in [-0.2, -0.15) is 0 Å². The Balaban J connectivity index is 3.13. The van der Waals surface area contributed by atoms with E-state index >= 15 is 0 Å². The van der Waals surface area contributed by atoms with E-state index in [0.717, 1.165) is 0 Å². The molecule has 38 heavy (non-hydrogen) atoms. The van der Waals surface area contributed by atoms with E-state index in [0.29, 0.717) is 5.56 Å². The Hall–Kier alpha value is -4.53. The molecule has 0 radical (unpaired) electrons. The van der Waals surface area contributed by atoms with E-state index in [1.165, 1.54) is 0 Å². The maximum absolute atomic E-state index is 13.1. The molecule has 1 aromatic rings. The quantitative estimate of drug-likeness (QED) is 0.0980. The first-order chi connectivity index (χ1) is 17.8. The average Bonchev–Trinajstić information content (AvgIpc) is 2.83. The summed E-state index contributed by atoms with van der Waals surface area (Å²) in [5, 5.41) is 16.3. The highest BCUT2D eigenvalue weighted by atomic mass is 16.4. The van der Waals surface area contributed by atoms with Gasteiger partial charge in [0.25, 0.3) is 0 Å². The number of carboxylic acids is 1. The van der Waals surface area contributed by atoms with Gasteiger partial charge in [0.2, 0.25) is 35.4 Å². The monoisotopic (exact) mass is 535 g/mol. The number of hydrogen-bond acceptors (Lipinski definition) is 8. The summed E-state index contributed by atoms with van der Waals surface area (Å²) in [5.74, 6) is -6.56. The van der Waals surface area contributed by atoms with Gasteiger partial charge in [-0.05, 0) is 18.4 Å². The molecule has 208 valence electrons. The molecule has 0 aliphatic heterocycles. The van der Waals surface area contributed by atoms with Gasteiger partial charge >= 0.3 is 5.97 Å². The Morgan fingerprint density at radius 2 is 1.18 bits per heavy atom. The molecule has 6 amide bonds. The number of carboxylic acid groups (broad SMARTS) is 1. The third-order valence-electron chi connectivity index (χ3n) is 5.29. The molecular formula is C23H33N7O8. The Labute approximate surface area is 218 Å². The van der Waals surface area contributed by atoms with Gasteiger partial charge in [0, 0.05) is 19.3 Å². The van der Waals surface area contributed by atoms with Gasteiger partial charge in [0.15, 0.2) is 0 Å². The summed E-state index contributed by atoms with van der Waals surface area (Å²) in [6, 6.07) is 2.86. The number of rotatable bonds is 17. The standard InChI is InChI=1S/C23H33N7O8/c24-13(6-8-17(25)31)20(34)28-14(7-9-18(26)32)21(35)29-15(10-12-4-2-1-3-5-12)22(36)30-16(23(37)38)11-19(27)33/h1-5,13-16H,6-11,24H2,(H2,25,31)(H2,26,32)(H2,27,33)(H,28,34)(H,29,35)(H,30,36)(H,37,38). The molecule has 0 spiro atoms. The van der Waals surface area contributed by atoms with E-state index < -0.39 is 72.0 Å². The molecule has 1 rings (SSSR count). The summed E-state index contributed by atoms with van der Waals surface area (Å²) in [7, 11) is 0. The lowest BCUT2D eigenvalue weighted by molar-refractivity contribution is -0.143. The van der Waals surface area contributed by atoms with Gasteiger partial charge in [-0.1, -0.05) is 30.3 Å². The molecule has 1 aromatic carbocycles. The largest absolute Gasteiger partial charge is 0.480 e. The smallest absolute Gasteiger partial charge is 0.326 e. The number of carbonyl (C=O) groups excluding carboxylic acids is 6. The first-order valence-corrected chi connectivity index (χ1v) is 11.6. The van der Waals surface area contributed by atoms with Gasteiger partial charge in [-0.15, -0.1) is 0 Å². The summed E-state index contributed by atoms with van der Waals surface area (Å²) in [5.41, 5.74) is 21.6. The molecule has 4 atom stereocenters. The molecule has 4 unspecified atom stereocenters. The summed E-state index contributed by atoms with van der Waals surface area (Å²) in [4.78, 5) is 83.5. The fraction of sp³-hybridized carbons (Fsp3) is 0.435. The van der Waals surface area contributed by atoms with E-state index in [4.69, 9.17) is 22.9 Å². The molecule has 15 heteroatoms. The summed E-state index contributed by atoms with van der Waals surface area (Å²) in [6.07, 6.45) is -1.59. The van der Waals surface area contributed by atoms with Crippen LogP contribution in [0.4, 0.5) is 0 Å². The van der Waals surface area contributed by atoms with Crippen molar-refractivity contribution in [2.75, 3.05) is 0 Å². The van der Waals surface area contributed by atoms with Crippen molar-refractivity contribution >= 4 is 41.4 Å². The van der Waals surface area contributed by atoms with E-state index in [9.17, 15) is 38.7 Å². The molecule has 12 N–H and O–H groups in total. The molecule has 0 fully saturated rings. The van der Waals surface area contributed by atoms with Crippen molar-refractivity contribution in [3.8, 4) is 0 Å². The van der Waals surface area contributed by atoms with Crippen LogP contribution < -0.4 is 38.9 Å². The van der Waals surface area contributed by atoms with Crippen LogP contribution in [-0.2, 0) is 40.0 Å². The van der Waals surface area contributed by atoms with Crippen LogP contribution in [-0.4, -0.2) is 70.7 Å². The van der Waals surface area contributed by atoms with Crippen molar-refractivity contribution in [3.63, 3.8) is 0 Å². The summed E-state index contributed by atoms with van der Waals surface area (Å²) >= 11 is 0. The Bertz CT molecular complexity index is 1030. The van der Waals surface area contributed by atoms with Crippen LogP contribution in [0.1, 0.15) is 37.7 Å². The minimum Gasteiger partial charge on any atom is -0.480 e. The highest BCUT2D eigenvalue weighted by Gasteiger charge is 2.31. The molecule has 15 nitrogen and oxygen atoms in total. The summed E-state index contributed by atoms with van der Waals surface area (Å²) in [6.45, 7) is 0. The van der Waals surface area contributed by atoms with Crippen LogP contribution >= 0.6 is 0 Å². The van der Waals surface area contributed by atoms with Gasteiger partial charge in [-0.25, -0.2) is 4.79 Å². The van der Waals surface area contributed by atoms with Gasteiger partial charge < -0.3 is 44.0 Å². The first-order valence-electron chi connectivity index (χ1n) is 11.6. The van der Waals surface area contributed by atoms with E-state index in [-0.39, 0.29) is 32.1 Å². The van der Waals surface area contributed by atoms with Crippen LogP contribution in [0.2, 0.25) is 0 Å². The maximum Gasteiger partial charge on any atom is 0.326 e. The minimum atomic E-state index is -1.65. The normalized spacial score (nSPS) is 13.7. The average molecular weight is 536 g/mol. The second-order valence-corrected chi connectivity index (χ2v) is 8.50. The molecule has 0 aliphatic carbocycles. The predicted molar refractivity (Wildman–Crippen MR) is 132 cm³/mol. The van der Waals surface area contributed by atoms with Crippen LogP contribution in [0, 0.1) is 0 Å². The maximum atomic E-state index is 13.1. The number of aliphatic carboxylic acids is 1. The zero-order valence-electron chi connectivity index (χ0n) is 20.6. The number of amides is 6. The lowest BCUT2D eigenvalue weighted by Crippen LogP contribution is -2.58. The van der Waals surface area contributed by atoms with Gasteiger partial charge in [0.05, 0.1) is 12.5 Å². The molecule has 0 aliphatic rings. The molecule has 0 saturated carbocycles. The summed E-state index contributed by atoms with van der Waals surface area (Å²) < 4.78 is 0. The van der Waals surface area contributed by atoms with Gasteiger partial charge in [-0.3, -0.25) is 28.8 Å².